The number of hydrogen-bond donors (Lipinski definition) is 4. The molecule has 58 heavy (non-hydrogen) atoms. The van der Waals surface area contributed by atoms with E-state index in [1.54, 1.807) is 0 Å². The SMILES string of the molecule is CCCC/C=C\C/C=C\CCCCCCCC(=O)OC(COC(=O)CCCCCCCCCCCCCCCCCCCCC)COC1OC(CO)C(O)C(O)C1O. The van der Waals surface area contributed by atoms with Crippen molar-refractivity contribution in [2.24, 2.45) is 0 Å². The van der Waals surface area contributed by atoms with Gasteiger partial charge in [0.05, 0.1) is 13.2 Å². The highest BCUT2D eigenvalue weighted by Gasteiger charge is 2.44. The van der Waals surface area contributed by atoms with Crippen LogP contribution in [-0.2, 0) is 28.5 Å². The molecule has 10 nitrogen and oxygen atoms in total. The van der Waals surface area contributed by atoms with Crippen molar-refractivity contribution in [2.45, 2.75) is 250 Å². The van der Waals surface area contributed by atoms with Gasteiger partial charge in [-0.05, 0) is 38.5 Å². The van der Waals surface area contributed by atoms with Crippen molar-refractivity contribution in [3.05, 3.63) is 24.3 Å². The number of esters is 2. The smallest absolute Gasteiger partial charge is 0.306 e. The monoisotopic (exact) mass is 825 g/mol. The largest absolute Gasteiger partial charge is 0.462 e. The molecule has 0 aromatic carbocycles. The molecule has 340 valence electrons. The van der Waals surface area contributed by atoms with Crippen LogP contribution in [-0.4, -0.2) is 89.0 Å². The summed E-state index contributed by atoms with van der Waals surface area (Å²) in [7, 11) is 0. The lowest BCUT2D eigenvalue weighted by molar-refractivity contribution is -0.305. The molecule has 0 bridgehead atoms. The van der Waals surface area contributed by atoms with E-state index in [0.717, 1.165) is 64.2 Å². The Kier molecular flexibility index (Phi) is 36.7. The first-order valence-corrected chi connectivity index (χ1v) is 23.9. The lowest BCUT2D eigenvalue weighted by atomic mass is 9.99. The molecule has 0 spiro atoms. The van der Waals surface area contributed by atoms with Crippen LogP contribution in [0.1, 0.15) is 213 Å². The minimum absolute atomic E-state index is 0.216. The molecule has 1 fully saturated rings. The Balaban J connectivity index is 2.28. The zero-order valence-corrected chi connectivity index (χ0v) is 37.1. The Morgan fingerprint density at radius 2 is 0.983 bits per heavy atom. The van der Waals surface area contributed by atoms with E-state index in [0.29, 0.717) is 6.42 Å². The van der Waals surface area contributed by atoms with Crippen LogP contribution in [0.3, 0.4) is 0 Å². The van der Waals surface area contributed by atoms with Crippen LogP contribution < -0.4 is 0 Å². The molecular formula is C48H88O10. The first kappa shape index (κ1) is 54.2. The van der Waals surface area contributed by atoms with Crippen molar-refractivity contribution < 1.29 is 49.0 Å². The molecule has 1 aliphatic rings. The molecule has 0 radical (unpaired) electrons. The first-order valence-electron chi connectivity index (χ1n) is 23.9. The average molecular weight is 825 g/mol. The maximum Gasteiger partial charge on any atom is 0.306 e. The van der Waals surface area contributed by atoms with E-state index in [4.69, 9.17) is 18.9 Å². The van der Waals surface area contributed by atoms with Crippen molar-refractivity contribution in [3.8, 4) is 0 Å². The van der Waals surface area contributed by atoms with Crippen molar-refractivity contribution in [1.82, 2.24) is 0 Å². The summed E-state index contributed by atoms with van der Waals surface area (Å²) in [5, 5.41) is 40.1. The lowest BCUT2D eigenvalue weighted by Gasteiger charge is -2.39. The molecule has 0 amide bonds. The summed E-state index contributed by atoms with van der Waals surface area (Å²) < 4.78 is 22.2. The van der Waals surface area contributed by atoms with E-state index in [2.05, 4.69) is 38.2 Å². The molecule has 1 saturated heterocycles. The van der Waals surface area contributed by atoms with E-state index in [1.807, 2.05) is 0 Å². The molecule has 1 rings (SSSR count). The second-order valence-electron chi connectivity index (χ2n) is 16.6. The maximum atomic E-state index is 12.8. The molecule has 10 heteroatoms. The van der Waals surface area contributed by atoms with E-state index >= 15 is 0 Å². The molecule has 1 heterocycles. The van der Waals surface area contributed by atoms with Gasteiger partial charge >= 0.3 is 11.9 Å². The van der Waals surface area contributed by atoms with Gasteiger partial charge in [-0.3, -0.25) is 9.59 Å². The molecular weight excluding hydrogens is 737 g/mol. The number of aliphatic hydroxyl groups excluding tert-OH is 4. The first-order chi connectivity index (χ1) is 28.3. The maximum absolute atomic E-state index is 12.8. The van der Waals surface area contributed by atoms with E-state index in [9.17, 15) is 30.0 Å². The van der Waals surface area contributed by atoms with Gasteiger partial charge in [0.15, 0.2) is 12.4 Å². The predicted molar refractivity (Wildman–Crippen MR) is 233 cm³/mol. The van der Waals surface area contributed by atoms with Crippen molar-refractivity contribution in [1.29, 1.82) is 0 Å². The standard InChI is InChI=1S/C48H88O10/c1-3-5-7-9-11-13-15-17-19-20-21-22-23-25-26-28-30-32-34-36-43(50)55-39-41(40-56-48-47(54)46(53)45(52)42(38-49)58-48)57-44(51)37-35-33-31-29-27-24-18-16-14-12-10-8-6-4-2/h10,12,16,18,41-42,45-49,52-54H,3-9,11,13-15,17,19-40H2,1-2H3/b12-10-,18-16-. The van der Waals surface area contributed by atoms with E-state index in [-0.39, 0.29) is 32.0 Å². The second kappa shape index (κ2) is 39.3. The lowest BCUT2D eigenvalue weighted by Crippen LogP contribution is -2.59. The number of rotatable bonds is 40. The Morgan fingerprint density at radius 3 is 1.48 bits per heavy atom. The zero-order valence-electron chi connectivity index (χ0n) is 37.1. The van der Waals surface area contributed by atoms with Crippen LogP contribution in [0.25, 0.3) is 0 Å². The molecule has 1 aliphatic heterocycles. The summed E-state index contributed by atoms with van der Waals surface area (Å²) in [6.45, 7) is 3.39. The molecule has 6 unspecified atom stereocenters. The highest BCUT2D eigenvalue weighted by molar-refractivity contribution is 5.70. The van der Waals surface area contributed by atoms with Crippen molar-refractivity contribution in [3.63, 3.8) is 0 Å². The topological polar surface area (TPSA) is 152 Å². The molecule has 0 aliphatic carbocycles. The Bertz CT molecular complexity index is 1000. The summed E-state index contributed by atoms with van der Waals surface area (Å²) >= 11 is 0. The van der Waals surface area contributed by atoms with Crippen molar-refractivity contribution >= 4 is 11.9 Å². The number of allylic oxidation sites excluding steroid dienone is 4. The zero-order chi connectivity index (χ0) is 42.3. The van der Waals surface area contributed by atoms with Crippen molar-refractivity contribution in [2.75, 3.05) is 19.8 Å². The minimum Gasteiger partial charge on any atom is -0.462 e. The molecule has 0 saturated carbocycles. The summed E-state index contributed by atoms with van der Waals surface area (Å²) in [6.07, 6.45) is 36.1. The highest BCUT2D eigenvalue weighted by atomic mass is 16.7. The van der Waals surface area contributed by atoms with Gasteiger partial charge in [0.2, 0.25) is 0 Å². The highest BCUT2D eigenvalue weighted by Crippen LogP contribution is 2.23. The van der Waals surface area contributed by atoms with Crippen LogP contribution in [0.2, 0.25) is 0 Å². The summed E-state index contributed by atoms with van der Waals surface area (Å²) in [5.41, 5.74) is 0. The average Bonchev–Trinajstić information content (AvgIpc) is 3.22. The summed E-state index contributed by atoms with van der Waals surface area (Å²) in [4.78, 5) is 25.4. The van der Waals surface area contributed by atoms with Gasteiger partial charge in [-0.25, -0.2) is 0 Å². The van der Waals surface area contributed by atoms with E-state index < -0.39 is 49.4 Å². The van der Waals surface area contributed by atoms with Crippen LogP contribution in [0, 0.1) is 0 Å². The quantitative estimate of drug-likeness (QED) is 0.0267. The minimum atomic E-state index is -1.59. The van der Waals surface area contributed by atoms with Gasteiger partial charge in [0, 0.05) is 12.8 Å². The normalized spacial score (nSPS) is 20.3. The third-order valence-electron chi connectivity index (χ3n) is 11.1. The number of carbonyl (C=O) groups is 2. The molecule has 4 N–H and O–H groups in total. The third kappa shape index (κ3) is 30.2. The molecule has 0 aromatic heterocycles. The fourth-order valence-corrected chi connectivity index (χ4v) is 7.26. The second-order valence-corrected chi connectivity index (χ2v) is 16.6. The Morgan fingerprint density at radius 1 is 0.534 bits per heavy atom. The Labute approximate surface area is 353 Å². The number of aliphatic hydroxyl groups is 4. The van der Waals surface area contributed by atoms with Gasteiger partial charge in [0.25, 0.3) is 0 Å². The van der Waals surface area contributed by atoms with Crippen LogP contribution in [0.4, 0.5) is 0 Å². The third-order valence-corrected chi connectivity index (χ3v) is 11.1. The number of ether oxygens (including phenoxy) is 4. The molecule has 6 atom stereocenters. The van der Waals surface area contributed by atoms with Gasteiger partial charge in [-0.15, -0.1) is 0 Å². The van der Waals surface area contributed by atoms with Gasteiger partial charge in [0.1, 0.15) is 31.0 Å². The van der Waals surface area contributed by atoms with E-state index in [1.165, 1.54) is 116 Å². The number of hydrogen-bond acceptors (Lipinski definition) is 10. The Hall–Kier alpha value is -1.82. The number of carbonyl (C=O) groups excluding carboxylic acids is 2. The fraction of sp³-hybridized carbons (Fsp3) is 0.875. The fourth-order valence-electron chi connectivity index (χ4n) is 7.26. The van der Waals surface area contributed by atoms with Crippen LogP contribution >= 0.6 is 0 Å². The van der Waals surface area contributed by atoms with Gasteiger partial charge < -0.3 is 39.4 Å². The van der Waals surface area contributed by atoms with Crippen LogP contribution in [0.15, 0.2) is 24.3 Å². The number of unbranched alkanes of at least 4 members (excludes halogenated alkanes) is 25. The van der Waals surface area contributed by atoms with Gasteiger partial charge in [-0.1, -0.05) is 186 Å². The van der Waals surface area contributed by atoms with Crippen LogP contribution in [0.5, 0.6) is 0 Å². The summed E-state index contributed by atoms with van der Waals surface area (Å²) in [5.74, 6) is -0.814. The van der Waals surface area contributed by atoms with Gasteiger partial charge in [-0.2, -0.15) is 0 Å². The molecule has 0 aromatic rings. The summed E-state index contributed by atoms with van der Waals surface area (Å²) in [6, 6.07) is 0. The predicted octanol–water partition coefficient (Wildman–Crippen LogP) is 10.5.